The molecule has 0 bridgehead atoms. The molecule has 0 fully saturated rings. The summed E-state index contributed by atoms with van der Waals surface area (Å²) in [5.74, 6) is -7.15. The number of nitrogens with one attached hydrogen (secondary N) is 3. The average molecular weight is 507 g/mol. The van der Waals surface area contributed by atoms with Crippen molar-refractivity contribution in [1.29, 1.82) is 0 Å². The Morgan fingerprint density at radius 2 is 1.35 bits per heavy atom. The van der Waals surface area contributed by atoms with E-state index >= 15 is 0 Å². The zero-order chi connectivity index (χ0) is 26.4. The molecule has 0 aromatic heterocycles. The van der Waals surface area contributed by atoms with Gasteiger partial charge >= 0.3 is 11.9 Å². The number of carboxylic acids is 2. The van der Waals surface area contributed by atoms with Gasteiger partial charge in [0.05, 0.1) is 18.9 Å². The average Bonchev–Trinajstić information content (AvgIpc) is 2.71. The van der Waals surface area contributed by atoms with Crippen molar-refractivity contribution in [3.05, 3.63) is 0 Å². The fraction of sp³-hybridized carbons (Fsp3) is 0.588. The van der Waals surface area contributed by atoms with Gasteiger partial charge in [-0.2, -0.15) is 12.6 Å². The molecule has 192 valence electrons. The quantitative estimate of drug-likeness (QED) is 0.0410. The number of nitrogens with zero attached hydrogens (tertiary/aromatic N) is 1. The van der Waals surface area contributed by atoms with Gasteiger partial charge < -0.3 is 49.1 Å². The molecular formula is C17H30N8O8S. The minimum absolute atomic E-state index is 0.0272. The van der Waals surface area contributed by atoms with E-state index in [9.17, 15) is 33.9 Å². The topological polar surface area (TPSA) is 295 Å². The number of hydrogen-bond acceptors (Lipinski definition) is 9. The second-order valence-corrected chi connectivity index (χ2v) is 7.39. The summed E-state index contributed by atoms with van der Waals surface area (Å²) in [7, 11) is 0. The Balaban J connectivity index is 5.22. The van der Waals surface area contributed by atoms with Crippen LogP contribution in [0, 0.1) is 0 Å². The number of primary amides is 1. The van der Waals surface area contributed by atoms with Crippen molar-refractivity contribution in [2.45, 2.75) is 49.9 Å². The van der Waals surface area contributed by atoms with Crippen LogP contribution >= 0.6 is 12.6 Å². The first-order chi connectivity index (χ1) is 15.8. The fourth-order valence-corrected chi connectivity index (χ4v) is 2.73. The van der Waals surface area contributed by atoms with Crippen LogP contribution in [0.2, 0.25) is 0 Å². The van der Waals surface area contributed by atoms with Gasteiger partial charge in [0.25, 0.3) is 0 Å². The number of amides is 4. The Kier molecular flexibility index (Phi) is 13.7. The molecule has 4 amide bonds. The maximum absolute atomic E-state index is 12.5. The highest BCUT2D eigenvalue weighted by atomic mass is 32.1. The zero-order valence-corrected chi connectivity index (χ0v) is 19.0. The van der Waals surface area contributed by atoms with Crippen LogP contribution in [0.15, 0.2) is 4.99 Å². The summed E-state index contributed by atoms with van der Waals surface area (Å²) < 4.78 is 0. The number of guanidine groups is 1. The number of carbonyl (C=O) groups is 6. The van der Waals surface area contributed by atoms with Crippen molar-refractivity contribution < 1.29 is 39.0 Å². The number of carboxylic acid groups (broad SMARTS) is 2. The lowest BCUT2D eigenvalue weighted by Crippen LogP contribution is -2.58. The summed E-state index contributed by atoms with van der Waals surface area (Å²) in [6.07, 6.45) is -1.22. The van der Waals surface area contributed by atoms with E-state index in [4.69, 9.17) is 28.0 Å². The lowest BCUT2D eigenvalue weighted by atomic mass is 10.1. The lowest BCUT2D eigenvalue weighted by Gasteiger charge is -2.23. The number of carbonyl (C=O) groups excluding carboxylic acids is 4. The van der Waals surface area contributed by atoms with E-state index < -0.39 is 72.6 Å². The van der Waals surface area contributed by atoms with E-state index in [0.29, 0.717) is 0 Å². The van der Waals surface area contributed by atoms with Gasteiger partial charge in [0.1, 0.15) is 18.1 Å². The number of aliphatic imine (C=N–C) groups is 1. The van der Waals surface area contributed by atoms with Crippen LogP contribution < -0.4 is 38.9 Å². The van der Waals surface area contributed by atoms with Crippen LogP contribution in [0.5, 0.6) is 0 Å². The van der Waals surface area contributed by atoms with Crippen LogP contribution in [-0.4, -0.2) is 88.2 Å². The van der Waals surface area contributed by atoms with E-state index in [1.54, 1.807) is 0 Å². The third-order valence-corrected chi connectivity index (χ3v) is 4.51. The number of hydrogen-bond donors (Lipinski definition) is 10. The van der Waals surface area contributed by atoms with Gasteiger partial charge in [-0.05, 0) is 12.8 Å². The van der Waals surface area contributed by atoms with Gasteiger partial charge in [-0.3, -0.25) is 29.0 Å². The van der Waals surface area contributed by atoms with Crippen LogP contribution in [0.4, 0.5) is 0 Å². The minimum Gasteiger partial charge on any atom is -0.481 e. The van der Waals surface area contributed by atoms with Crippen molar-refractivity contribution in [2.24, 2.45) is 27.9 Å². The largest absolute Gasteiger partial charge is 0.481 e. The molecule has 0 saturated heterocycles. The first-order valence-corrected chi connectivity index (χ1v) is 10.5. The van der Waals surface area contributed by atoms with Gasteiger partial charge in [0.15, 0.2) is 5.96 Å². The summed E-state index contributed by atoms with van der Waals surface area (Å²) in [6.45, 7) is 0.128. The lowest BCUT2D eigenvalue weighted by molar-refractivity contribution is -0.143. The van der Waals surface area contributed by atoms with E-state index in [-0.39, 0.29) is 31.1 Å². The summed E-state index contributed by atoms with van der Waals surface area (Å²) in [4.78, 5) is 74.2. The molecule has 0 aliphatic heterocycles. The first-order valence-electron chi connectivity index (χ1n) is 9.84. The Hall–Kier alpha value is -3.60. The van der Waals surface area contributed by atoms with Crippen molar-refractivity contribution in [1.82, 2.24) is 16.0 Å². The zero-order valence-electron chi connectivity index (χ0n) is 18.1. The highest BCUT2D eigenvalue weighted by Gasteiger charge is 2.31. The third-order valence-electron chi connectivity index (χ3n) is 4.15. The number of thiol groups is 1. The molecule has 4 unspecified atom stereocenters. The molecule has 0 saturated carbocycles. The predicted molar refractivity (Wildman–Crippen MR) is 121 cm³/mol. The Morgan fingerprint density at radius 3 is 1.82 bits per heavy atom. The van der Waals surface area contributed by atoms with Crippen molar-refractivity contribution in [3.63, 3.8) is 0 Å². The molecule has 0 aliphatic carbocycles. The molecule has 0 aromatic carbocycles. The van der Waals surface area contributed by atoms with E-state index in [1.165, 1.54) is 0 Å². The van der Waals surface area contributed by atoms with Crippen LogP contribution in [0.1, 0.15) is 25.7 Å². The molecule has 0 radical (unpaired) electrons. The molecule has 16 nitrogen and oxygen atoms in total. The smallest absolute Gasteiger partial charge is 0.326 e. The molecule has 0 spiro atoms. The molecule has 17 heteroatoms. The second kappa shape index (κ2) is 15.3. The summed E-state index contributed by atoms with van der Waals surface area (Å²) in [5.41, 5.74) is 20.8. The molecular weight excluding hydrogens is 476 g/mol. The van der Waals surface area contributed by atoms with Crippen LogP contribution in [0.3, 0.4) is 0 Å². The molecule has 4 atom stereocenters. The van der Waals surface area contributed by atoms with Crippen molar-refractivity contribution in [3.8, 4) is 0 Å². The highest BCUT2D eigenvalue weighted by molar-refractivity contribution is 7.80. The SMILES string of the molecule is NC(=O)CC(N)C(=O)NC(CC(=O)O)C(=O)NC(CS)C(=O)NC(CCCN=C(N)N)C(=O)O. The van der Waals surface area contributed by atoms with E-state index in [2.05, 4.69) is 33.6 Å². The highest BCUT2D eigenvalue weighted by Crippen LogP contribution is 2.02. The Bertz CT molecular complexity index is 804. The van der Waals surface area contributed by atoms with Crippen molar-refractivity contribution in [2.75, 3.05) is 12.3 Å². The summed E-state index contributed by atoms with van der Waals surface area (Å²) >= 11 is 3.95. The number of nitrogens with two attached hydrogens (primary N) is 4. The number of aliphatic carboxylic acids is 2. The van der Waals surface area contributed by atoms with Gasteiger partial charge in [-0.1, -0.05) is 0 Å². The fourth-order valence-electron chi connectivity index (χ4n) is 2.47. The van der Waals surface area contributed by atoms with Gasteiger partial charge in [-0.25, -0.2) is 4.79 Å². The number of rotatable bonds is 16. The predicted octanol–water partition coefficient (Wildman–Crippen LogP) is -4.81. The Labute approximate surface area is 199 Å². The molecule has 0 aliphatic rings. The standard InChI is InChI=1S/C17H30N8O8S/c18-7(4-11(19)26)13(29)24-9(5-12(27)28)14(30)25-10(6-34)15(31)23-8(16(32)33)2-1-3-22-17(20)21/h7-10,34H,1-6,18H2,(H2,19,26)(H,23,31)(H,24,29)(H,25,30)(H,27,28)(H,32,33)(H4,20,21,22). The minimum atomic E-state index is -1.66. The van der Waals surface area contributed by atoms with Crippen LogP contribution in [0.25, 0.3) is 0 Å². The normalized spacial score (nSPS) is 13.9. The molecule has 13 N–H and O–H groups in total. The van der Waals surface area contributed by atoms with Gasteiger partial charge in [0, 0.05) is 12.3 Å². The first kappa shape index (κ1) is 30.4. The van der Waals surface area contributed by atoms with E-state index in [1.807, 2.05) is 0 Å². The molecule has 0 aromatic rings. The summed E-state index contributed by atoms with van der Waals surface area (Å²) in [6, 6.07) is -5.79. The maximum atomic E-state index is 12.5. The Morgan fingerprint density at radius 1 is 0.824 bits per heavy atom. The van der Waals surface area contributed by atoms with E-state index in [0.717, 1.165) is 0 Å². The van der Waals surface area contributed by atoms with Gasteiger partial charge in [0.2, 0.25) is 23.6 Å². The molecule has 0 rings (SSSR count). The molecule has 34 heavy (non-hydrogen) atoms. The summed E-state index contributed by atoms with van der Waals surface area (Å²) in [5, 5.41) is 24.8. The molecule has 0 heterocycles. The monoisotopic (exact) mass is 506 g/mol. The van der Waals surface area contributed by atoms with Gasteiger partial charge in [-0.15, -0.1) is 0 Å². The third kappa shape index (κ3) is 12.4. The van der Waals surface area contributed by atoms with Crippen molar-refractivity contribution >= 4 is 54.2 Å². The van der Waals surface area contributed by atoms with Crippen LogP contribution in [-0.2, 0) is 28.8 Å². The maximum Gasteiger partial charge on any atom is 0.326 e. The second-order valence-electron chi connectivity index (χ2n) is 7.03.